The second-order valence-corrected chi connectivity index (χ2v) is 10.8. The molecule has 3 fully saturated rings. The van der Waals surface area contributed by atoms with E-state index in [4.69, 9.17) is 21.1 Å². The summed E-state index contributed by atoms with van der Waals surface area (Å²) < 4.78 is 12.0. The fraction of sp³-hybridized carbons (Fsp3) is 0.517. The topological polar surface area (TPSA) is 125 Å². The Labute approximate surface area is 238 Å². The molecule has 11 heteroatoms. The molecule has 4 rings (SSSR count). The molecular weight excluding hydrogens is 538 g/mol. The fourth-order valence-electron chi connectivity index (χ4n) is 6.20. The lowest BCUT2D eigenvalue weighted by Gasteiger charge is -2.36. The number of likely N-dealkylation sites (tertiary alicyclic amines) is 1. The van der Waals surface area contributed by atoms with Gasteiger partial charge in [0, 0.05) is 19.5 Å². The summed E-state index contributed by atoms with van der Waals surface area (Å²) >= 11 is 6.43. The van der Waals surface area contributed by atoms with E-state index in [2.05, 4.69) is 18.5 Å². The molecule has 3 aliphatic heterocycles. The zero-order chi connectivity index (χ0) is 29.0. The number of aliphatic hydroxyl groups is 1. The maximum Gasteiger partial charge on any atom is 0.312 e. The van der Waals surface area contributed by atoms with Gasteiger partial charge in [0.1, 0.15) is 17.7 Å². The first-order chi connectivity index (χ1) is 19.2. The number of para-hydroxylation sites is 1. The van der Waals surface area contributed by atoms with Crippen LogP contribution in [-0.2, 0) is 28.7 Å². The molecule has 6 atom stereocenters. The molecule has 2 bridgehead atoms. The lowest BCUT2D eigenvalue weighted by molar-refractivity contribution is -0.159. The number of carbonyl (C=O) groups is 4. The van der Waals surface area contributed by atoms with E-state index >= 15 is 0 Å². The first kappa shape index (κ1) is 29.8. The van der Waals surface area contributed by atoms with Crippen LogP contribution in [0.2, 0.25) is 5.02 Å². The molecule has 3 saturated heterocycles. The van der Waals surface area contributed by atoms with Crippen LogP contribution in [-0.4, -0.2) is 83.8 Å². The summed E-state index contributed by atoms with van der Waals surface area (Å²) in [5, 5.41) is 12.9. The number of fused-ring (bicyclic) bond motifs is 1. The third-order valence-corrected chi connectivity index (χ3v) is 8.17. The number of allylic oxidation sites excluding steroid dienone is 1. The van der Waals surface area contributed by atoms with Crippen molar-refractivity contribution in [3.8, 4) is 0 Å². The van der Waals surface area contributed by atoms with Crippen LogP contribution in [0.15, 0.2) is 49.6 Å². The molecule has 216 valence electrons. The number of benzene rings is 1. The van der Waals surface area contributed by atoms with Crippen molar-refractivity contribution >= 4 is 41.0 Å². The van der Waals surface area contributed by atoms with Gasteiger partial charge in [-0.05, 0) is 38.3 Å². The molecule has 3 amide bonds. The molecule has 1 aromatic carbocycles. The molecule has 3 heterocycles. The van der Waals surface area contributed by atoms with Gasteiger partial charge in [-0.3, -0.25) is 19.2 Å². The molecule has 2 N–H and O–H groups in total. The summed E-state index contributed by atoms with van der Waals surface area (Å²) in [7, 11) is 0. The van der Waals surface area contributed by atoms with E-state index in [0.717, 1.165) is 0 Å². The molecule has 1 aromatic rings. The minimum Gasteiger partial charge on any atom is -0.460 e. The number of esters is 1. The van der Waals surface area contributed by atoms with Gasteiger partial charge >= 0.3 is 5.97 Å². The SMILES string of the molecule is C=CCCC(=O)NC[C@H](C)OC(=O)[C@@H]1[C@@H]2CC[C@]3(O2)[C@H](C(=O)N(CC=C)c2ccccc2Cl)N(CCO)C(=O)[C@@H]13. The van der Waals surface area contributed by atoms with Crippen LogP contribution in [0.4, 0.5) is 5.69 Å². The fourth-order valence-corrected chi connectivity index (χ4v) is 6.44. The summed E-state index contributed by atoms with van der Waals surface area (Å²) in [6.45, 7) is 8.81. The van der Waals surface area contributed by atoms with Crippen molar-refractivity contribution in [2.75, 3.05) is 31.1 Å². The maximum atomic E-state index is 14.2. The number of hydrogen-bond donors (Lipinski definition) is 2. The number of β-amino-alcohol motifs (C(OH)–C–C–N with tert-alkyl or cyclic N) is 1. The third kappa shape index (κ3) is 5.40. The first-order valence-electron chi connectivity index (χ1n) is 13.5. The second-order valence-electron chi connectivity index (χ2n) is 10.4. The lowest BCUT2D eigenvalue weighted by Crippen LogP contribution is -2.57. The molecule has 0 saturated carbocycles. The van der Waals surface area contributed by atoms with Crippen LogP contribution in [0.5, 0.6) is 0 Å². The van der Waals surface area contributed by atoms with Gasteiger partial charge in [0.25, 0.3) is 5.91 Å². The van der Waals surface area contributed by atoms with E-state index in [9.17, 15) is 24.3 Å². The zero-order valence-corrected chi connectivity index (χ0v) is 23.3. The van der Waals surface area contributed by atoms with Gasteiger partial charge < -0.3 is 29.7 Å². The molecule has 0 aromatic heterocycles. The van der Waals surface area contributed by atoms with Crippen LogP contribution in [0, 0.1) is 11.8 Å². The Morgan fingerprint density at radius 1 is 1.32 bits per heavy atom. The average Bonchev–Trinajstić information content (AvgIpc) is 3.57. The van der Waals surface area contributed by atoms with Gasteiger partial charge in [0.15, 0.2) is 0 Å². The summed E-state index contributed by atoms with van der Waals surface area (Å²) in [6.07, 6.45) is 3.68. The number of carbonyl (C=O) groups excluding carboxylic acids is 4. The predicted molar refractivity (Wildman–Crippen MR) is 148 cm³/mol. The number of halogens is 1. The number of rotatable bonds is 13. The van der Waals surface area contributed by atoms with E-state index in [0.29, 0.717) is 30.0 Å². The largest absolute Gasteiger partial charge is 0.460 e. The van der Waals surface area contributed by atoms with Crippen molar-refractivity contribution in [3.63, 3.8) is 0 Å². The Morgan fingerprint density at radius 2 is 2.08 bits per heavy atom. The number of aliphatic hydroxyl groups excluding tert-OH is 1. The summed E-state index contributed by atoms with van der Waals surface area (Å²) in [5.74, 6) is -3.50. The van der Waals surface area contributed by atoms with Crippen molar-refractivity contribution in [3.05, 3.63) is 54.6 Å². The third-order valence-electron chi connectivity index (χ3n) is 7.85. The highest BCUT2D eigenvalue weighted by Gasteiger charge is 2.75. The number of nitrogens with one attached hydrogen (secondary N) is 1. The van der Waals surface area contributed by atoms with Gasteiger partial charge in [0.2, 0.25) is 11.8 Å². The normalized spacial score (nSPS) is 27.2. The molecule has 40 heavy (non-hydrogen) atoms. The van der Waals surface area contributed by atoms with Crippen LogP contribution in [0.3, 0.4) is 0 Å². The Kier molecular flexibility index (Phi) is 9.33. The Hall–Kier alpha value is -3.21. The minimum atomic E-state index is -1.25. The highest BCUT2D eigenvalue weighted by molar-refractivity contribution is 6.34. The zero-order valence-electron chi connectivity index (χ0n) is 22.6. The molecule has 0 radical (unpaired) electrons. The van der Waals surface area contributed by atoms with Gasteiger partial charge in [0.05, 0.1) is 41.8 Å². The van der Waals surface area contributed by atoms with Gasteiger partial charge in [-0.15, -0.1) is 13.2 Å². The number of hydrogen-bond acceptors (Lipinski definition) is 7. The predicted octanol–water partition coefficient (Wildman–Crippen LogP) is 2.24. The van der Waals surface area contributed by atoms with E-state index in [-0.39, 0.29) is 38.6 Å². The number of anilines is 1. The summed E-state index contributed by atoms with van der Waals surface area (Å²) in [4.78, 5) is 56.2. The number of amides is 3. The summed E-state index contributed by atoms with van der Waals surface area (Å²) in [6, 6.07) is 5.80. The van der Waals surface area contributed by atoms with Gasteiger partial charge in [-0.2, -0.15) is 0 Å². The Balaban J connectivity index is 1.58. The highest BCUT2D eigenvalue weighted by atomic mass is 35.5. The van der Waals surface area contributed by atoms with Crippen LogP contribution >= 0.6 is 11.6 Å². The van der Waals surface area contributed by atoms with Gasteiger partial charge in [-0.1, -0.05) is 35.9 Å². The van der Waals surface area contributed by atoms with E-state index in [1.807, 2.05) is 0 Å². The average molecular weight is 574 g/mol. The quantitative estimate of drug-likeness (QED) is 0.274. The first-order valence-corrected chi connectivity index (χ1v) is 13.9. The molecule has 0 aliphatic carbocycles. The molecule has 3 aliphatic rings. The minimum absolute atomic E-state index is 0.0964. The van der Waals surface area contributed by atoms with E-state index < -0.39 is 53.5 Å². The highest BCUT2D eigenvalue weighted by Crippen LogP contribution is 2.59. The molecule has 0 unspecified atom stereocenters. The van der Waals surface area contributed by atoms with Crippen LogP contribution < -0.4 is 10.2 Å². The van der Waals surface area contributed by atoms with Crippen molar-refractivity contribution < 1.29 is 33.8 Å². The Bertz CT molecular complexity index is 1180. The molecule has 10 nitrogen and oxygen atoms in total. The van der Waals surface area contributed by atoms with Crippen LogP contribution in [0.1, 0.15) is 32.6 Å². The van der Waals surface area contributed by atoms with E-state index in [1.54, 1.807) is 43.3 Å². The number of ether oxygens (including phenoxy) is 2. The lowest BCUT2D eigenvalue weighted by atomic mass is 9.70. The van der Waals surface area contributed by atoms with Crippen molar-refractivity contribution in [2.45, 2.75) is 56.5 Å². The molecule has 1 spiro atoms. The van der Waals surface area contributed by atoms with Crippen LogP contribution in [0.25, 0.3) is 0 Å². The smallest absolute Gasteiger partial charge is 0.312 e. The second kappa shape index (κ2) is 12.5. The number of nitrogens with zero attached hydrogens (tertiary/aromatic N) is 2. The summed E-state index contributed by atoms with van der Waals surface area (Å²) in [5.41, 5.74) is -0.793. The van der Waals surface area contributed by atoms with Crippen molar-refractivity contribution in [1.29, 1.82) is 0 Å². The van der Waals surface area contributed by atoms with Gasteiger partial charge in [-0.25, -0.2) is 0 Å². The standard InChI is InChI=1S/C29H36ClN3O7/c1-4-6-11-22(35)31-17-18(3)39-28(38)23-21-12-13-29(40-21)24(23)26(36)33(15-16-34)25(29)27(37)32(14-5-2)20-10-8-7-9-19(20)30/h4-5,7-10,18,21,23-25,34H,1-2,6,11-17H2,3H3,(H,31,35)/t18-,21-,23+,24+,25-,29+/m0/s1. The van der Waals surface area contributed by atoms with Crippen molar-refractivity contribution in [2.24, 2.45) is 11.8 Å². The Morgan fingerprint density at radius 3 is 2.75 bits per heavy atom. The maximum absolute atomic E-state index is 14.2. The van der Waals surface area contributed by atoms with Crippen molar-refractivity contribution in [1.82, 2.24) is 10.2 Å². The van der Waals surface area contributed by atoms with E-state index in [1.165, 1.54) is 9.80 Å². The monoisotopic (exact) mass is 573 g/mol. The molecular formula is C29H36ClN3O7.